The van der Waals surface area contributed by atoms with E-state index in [1.54, 1.807) is 0 Å². The van der Waals surface area contributed by atoms with Gasteiger partial charge in [0.2, 0.25) is 0 Å². The Kier molecular flexibility index (Phi) is 3.22. The molecule has 17 heavy (non-hydrogen) atoms. The molecule has 0 radical (unpaired) electrons. The lowest BCUT2D eigenvalue weighted by molar-refractivity contribution is -0.198. The Morgan fingerprint density at radius 3 is 2.00 bits per heavy atom. The fourth-order valence-corrected chi connectivity index (χ4v) is 3.93. The standard InChI is InChI=1S/C14H22O3/c15-13-3-1-11(2-4-13)14(9-17-10-14)12-5-7-16-8-6-12/h11-12H,1-10H2. The second kappa shape index (κ2) is 4.69. The van der Waals surface area contributed by atoms with Crippen LogP contribution in [0.3, 0.4) is 0 Å². The molecule has 0 amide bonds. The summed E-state index contributed by atoms with van der Waals surface area (Å²) >= 11 is 0. The van der Waals surface area contributed by atoms with Crippen LogP contribution >= 0.6 is 0 Å². The van der Waals surface area contributed by atoms with Gasteiger partial charge in [-0.1, -0.05) is 0 Å². The van der Waals surface area contributed by atoms with Crippen LogP contribution in [0.1, 0.15) is 38.5 Å². The lowest BCUT2D eigenvalue weighted by atomic mass is 9.59. The van der Waals surface area contributed by atoms with E-state index in [1.807, 2.05) is 0 Å². The summed E-state index contributed by atoms with van der Waals surface area (Å²) in [7, 11) is 0. The van der Waals surface area contributed by atoms with E-state index in [0.717, 1.165) is 63.9 Å². The van der Waals surface area contributed by atoms with Crippen molar-refractivity contribution in [3.8, 4) is 0 Å². The minimum absolute atomic E-state index is 0.393. The van der Waals surface area contributed by atoms with Gasteiger partial charge in [-0.2, -0.15) is 0 Å². The van der Waals surface area contributed by atoms with E-state index in [9.17, 15) is 4.79 Å². The molecule has 3 rings (SSSR count). The Labute approximate surface area is 103 Å². The maximum atomic E-state index is 11.4. The van der Waals surface area contributed by atoms with Crippen molar-refractivity contribution in [1.29, 1.82) is 0 Å². The summed E-state index contributed by atoms with van der Waals surface area (Å²) in [6.07, 6.45) is 6.17. The van der Waals surface area contributed by atoms with E-state index < -0.39 is 0 Å². The molecule has 96 valence electrons. The van der Waals surface area contributed by atoms with Gasteiger partial charge in [0.1, 0.15) is 5.78 Å². The van der Waals surface area contributed by atoms with Gasteiger partial charge < -0.3 is 9.47 Å². The number of hydrogen-bond donors (Lipinski definition) is 0. The summed E-state index contributed by atoms with van der Waals surface area (Å²) < 4.78 is 11.0. The average Bonchev–Trinajstić information content (AvgIpc) is 2.32. The number of ketones is 1. The lowest BCUT2D eigenvalue weighted by Crippen LogP contribution is -2.55. The quantitative estimate of drug-likeness (QED) is 0.739. The first kappa shape index (κ1) is 11.7. The fourth-order valence-electron chi connectivity index (χ4n) is 3.93. The molecule has 2 aliphatic heterocycles. The van der Waals surface area contributed by atoms with Gasteiger partial charge in [-0.25, -0.2) is 0 Å². The molecule has 3 heteroatoms. The van der Waals surface area contributed by atoms with Gasteiger partial charge in [0.25, 0.3) is 0 Å². The van der Waals surface area contributed by atoms with Gasteiger partial charge in [-0.3, -0.25) is 4.79 Å². The van der Waals surface area contributed by atoms with Crippen LogP contribution in [0.15, 0.2) is 0 Å². The molecule has 0 aromatic heterocycles. The van der Waals surface area contributed by atoms with E-state index in [0.29, 0.717) is 11.2 Å². The van der Waals surface area contributed by atoms with E-state index in [4.69, 9.17) is 9.47 Å². The second-order valence-corrected chi connectivity index (χ2v) is 5.93. The van der Waals surface area contributed by atoms with E-state index in [-0.39, 0.29) is 0 Å². The predicted molar refractivity (Wildman–Crippen MR) is 63.8 cm³/mol. The van der Waals surface area contributed by atoms with Crippen molar-refractivity contribution in [3.63, 3.8) is 0 Å². The molecule has 0 aromatic carbocycles. The third-order valence-electron chi connectivity index (χ3n) is 5.13. The van der Waals surface area contributed by atoms with Gasteiger partial charge in [0.05, 0.1) is 13.2 Å². The van der Waals surface area contributed by atoms with Crippen molar-refractivity contribution in [2.45, 2.75) is 38.5 Å². The van der Waals surface area contributed by atoms with Crippen molar-refractivity contribution in [3.05, 3.63) is 0 Å². The van der Waals surface area contributed by atoms with E-state index in [2.05, 4.69) is 0 Å². The van der Waals surface area contributed by atoms with E-state index >= 15 is 0 Å². The highest BCUT2D eigenvalue weighted by Gasteiger charge is 2.51. The van der Waals surface area contributed by atoms with Crippen LogP contribution in [0.2, 0.25) is 0 Å². The average molecular weight is 238 g/mol. The molecular weight excluding hydrogens is 216 g/mol. The maximum Gasteiger partial charge on any atom is 0.132 e. The molecule has 0 bridgehead atoms. The van der Waals surface area contributed by atoms with Crippen molar-refractivity contribution in [1.82, 2.24) is 0 Å². The number of ether oxygens (including phenoxy) is 2. The van der Waals surface area contributed by atoms with Crippen LogP contribution in [0.4, 0.5) is 0 Å². The molecule has 2 heterocycles. The highest BCUT2D eigenvalue weighted by atomic mass is 16.5. The minimum atomic E-state index is 0.393. The molecule has 0 atom stereocenters. The van der Waals surface area contributed by atoms with Crippen LogP contribution in [0, 0.1) is 17.3 Å². The molecule has 3 fully saturated rings. The molecule has 0 N–H and O–H groups in total. The van der Waals surface area contributed by atoms with Crippen molar-refractivity contribution in [2.75, 3.05) is 26.4 Å². The van der Waals surface area contributed by atoms with Crippen LogP contribution in [-0.4, -0.2) is 32.2 Å². The summed E-state index contributed by atoms with van der Waals surface area (Å²) in [4.78, 5) is 11.4. The topological polar surface area (TPSA) is 35.5 Å². The summed E-state index contributed by atoms with van der Waals surface area (Å²) in [5, 5.41) is 0. The third-order valence-corrected chi connectivity index (χ3v) is 5.13. The SMILES string of the molecule is O=C1CCC(C2(C3CCOCC3)COC2)CC1. The number of rotatable bonds is 2. The third kappa shape index (κ3) is 2.04. The number of hydrogen-bond acceptors (Lipinski definition) is 3. The minimum Gasteiger partial charge on any atom is -0.381 e. The smallest absolute Gasteiger partial charge is 0.132 e. The summed E-state index contributed by atoms with van der Waals surface area (Å²) in [6.45, 7) is 3.68. The highest BCUT2D eigenvalue weighted by molar-refractivity contribution is 5.79. The first-order valence-corrected chi connectivity index (χ1v) is 6.98. The lowest BCUT2D eigenvalue weighted by Gasteiger charge is -2.54. The fraction of sp³-hybridized carbons (Fsp3) is 0.929. The molecule has 2 saturated heterocycles. The molecule has 0 unspecified atom stereocenters. The Bertz CT molecular complexity index is 280. The molecule has 0 aromatic rings. The van der Waals surface area contributed by atoms with Gasteiger partial charge in [0, 0.05) is 31.5 Å². The van der Waals surface area contributed by atoms with Crippen LogP contribution in [-0.2, 0) is 14.3 Å². The van der Waals surface area contributed by atoms with Gasteiger partial charge >= 0.3 is 0 Å². The molecule has 0 spiro atoms. The Hall–Kier alpha value is -0.410. The summed E-state index contributed by atoms with van der Waals surface area (Å²) in [5.41, 5.74) is 0.393. The second-order valence-electron chi connectivity index (χ2n) is 5.93. The summed E-state index contributed by atoms with van der Waals surface area (Å²) in [6, 6.07) is 0. The molecule has 3 nitrogen and oxygen atoms in total. The van der Waals surface area contributed by atoms with Crippen molar-refractivity contribution in [2.24, 2.45) is 17.3 Å². The van der Waals surface area contributed by atoms with Gasteiger partial charge in [-0.05, 0) is 37.5 Å². The first-order chi connectivity index (χ1) is 8.31. The molecule has 3 aliphatic rings. The van der Waals surface area contributed by atoms with Crippen molar-refractivity contribution < 1.29 is 14.3 Å². The van der Waals surface area contributed by atoms with Crippen molar-refractivity contribution >= 4 is 5.78 Å². The van der Waals surface area contributed by atoms with Gasteiger partial charge in [-0.15, -0.1) is 0 Å². The predicted octanol–water partition coefficient (Wildman–Crippen LogP) is 2.19. The van der Waals surface area contributed by atoms with Crippen LogP contribution in [0.25, 0.3) is 0 Å². The zero-order chi connectivity index (χ0) is 11.7. The number of carbonyl (C=O) groups excluding carboxylic acids is 1. The molecular formula is C14H22O3. The molecule has 1 saturated carbocycles. The van der Waals surface area contributed by atoms with Crippen LogP contribution < -0.4 is 0 Å². The zero-order valence-corrected chi connectivity index (χ0v) is 10.5. The Morgan fingerprint density at radius 2 is 1.47 bits per heavy atom. The zero-order valence-electron chi connectivity index (χ0n) is 10.5. The normalized spacial score (nSPS) is 31.2. The van der Waals surface area contributed by atoms with Crippen LogP contribution in [0.5, 0.6) is 0 Å². The van der Waals surface area contributed by atoms with Gasteiger partial charge in [0.15, 0.2) is 0 Å². The highest BCUT2D eigenvalue weighted by Crippen LogP contribution is 2.51. The first-order valence-electron chi connectivity index (χ1n) is 6.98. The Balaban J connectivity index is 1.70. The largest absolute Gasteiger partial charge is 0.381 e. The number of Topliss-reactive ketones (excluding diaryl/α,β-unsaturated/α-hetero) is 1. The monoisotopic (exact) mass is 238 g/mol. The van der Waals surface area contributed by atoms with E-state index in [1.165, 1.54) is 12.8 Å². The summed E-state index contributed by atoms with van der Waals surface area (Å²) in [5.74, 6) is 1.95. The number of carbonyl (C=O) groups is 1. The maximum absolute atomic E-state index is 11.4. The Morgan fingerprint density at radius 1 is 0.882 bits per heavy atom. The molecule has 1 aliphatic carbocycles.